The molecular weight excluding hydrogens is 755 g/mol. The summed E-state index contributed by atoms with van der Waals surface area (Å²) in [6.45, 7) is 2.74. The van der Waals surface area contributed by atoms with Gasteiger partial charge in [-0.1, -0.05) is 12.1 Å². The van der Waals surface area contributed by atoms with E-state index in [1.807, 2.05) is 28.8 Å². The molecule has 5 aliphatic heterocycles. The van der Waals surface area contributed by atoms with Gasteiger partial charge in [0, 0.05) is 90.9 Å². The first kappa shape index (κ1) is 35.4. The number of aromatic nitrogens is 4. The molecular formula is C40H36F2N10O4S. The summed E-state index contributed by atoms with van der Waals surface area (Å²) in [7, 11) is 0. The van der Waals surface area contributed by atoms with Crippen molar-refractivity contribution in [3.05, 3.63) is 106 Å². The number of rotatable bonds is 9. The Balaban J connectivity index is 0.837. The SMILES string of the molecule is O=C1CCN(c2cc(CN3C[C@H]4C[C@@H]3CN4c3ccc(-c4cc(F)c5c(c4)C(=O)N(C(C(=O)Nc4nccs4)c4ncn6c4CCC6)C5)cc3)c(F)cn2)C(=O)N1. The van der Waals surface area contributed by atoms with Gasteiger partial charge in [0.2, 0.25) is 5.91 Å². The molecule has 2 aromatic carbocycles. The number of imidazole rings is 1. The Morgan fingerprint density at radius 2 is 1.82 bits per heavy atom. The highest BCUT2D eigenvalue weighted by molar-refractivity contribution is 7.13. The van der Waals surface area contributed by atoms with Crippen LogP contribution in [0.3, 0.4) is 0 Å². The number of carbonyl (C=O) groups excluding carboxylic acids is 4. The molecule has 14 nitrogen and oxygen atoms in total. The fourth-order valence-corrected chi connectivity index (χ4v) is 9.54. The number of anilines is 3. The van der Waals surface area contributed by atoms with Crippen molar-refractivity contribution in [2.24, 2.45) is 0 Å². The van der Waals surface area contributed by atoms with Crippen LogP contribution in [-0.4, -0.2) is 84.8 Å². The molecule has 0 aliphatic carbocycles. The van der Waals surface area contributed by atoms with Crippen molar-refractivity contribution < 1.29 is 28.0 Å². The third-order valence-electron chi connectivity index (χ3n) is 11.8. The number of likely N-dealkylation sites (tertiary alicyclic amines) is 1. The zero-order valence-corrected chi connectivity index (χ0v) is 31.3. The zero-order valence-electron chi connectivity index (χ0n) is 30.5. The molecule has 3 aromatic heterocycles. The van der Waals surface area contributed by atoms with Crippen LogP contribution < -0.4 is 20.4 Å². The van der Waals surface area contributed by atoms with E-state index in [1.165, 1.54) is 27.2 Å². The Morgan fingerprint density at radius 3 is 2.60 bits per heavy atom. The highest BCUT2D eigenvalue weighted by Crippen LogP contribution is 2.40. The number of piperazine rings is 1. The number of aryl methyl sites for hydroxylation is 1. The Hall–Kier alpha value is -6.07. The van der Waals surface area contributed by atoms with E-state index in [9.17, 15) is 23.6 Å². The second-order valence-corrected chi connectivity index (χ2v) is 16.0. The Bertz CT molecular complexity index is 2460. The number of nitrogens with one attached hydrogen (secondary N) is 2. The van der Waals surface area contributed by atoms with Crippen LogP contribution in [0, 0.1) is 11.6 Å². The van der Waals surface area contributed by atoms with Crippen LogP contribution in [0.2, 0.25) is 0 Å². The van der Waals surface area contributed by atoms with E-state index >= 15 is 4.39 Å². The van der Waals surface area contributed by atoms with Crippen LogP contribution >= 0.6 is 11.3 Å². The van der Waals surface area contributed by atoms with E-state index in [4.69, 9.17) is 0 Å². The number of amides is 5. The molecule has 5 aliphatic rings. The number of hydrogen-bond donors (Lipinski definition) is 2. The molecule has 8 heterocycles. The molecule has 10 rings (SSSR count). The molecule has 2 bridgehead atoms. The molecule has 0 radical (unpaired) electrons. The first-order chi connectivity index (χ1) is 27.7. The Labute approximate surface area is 329 Å². The lowest BCUT2D eigenvalue weighted by Gasteiger charge is -2.36. The third kappa shape index (κ3) is 6.21. The maximum atomic E-state index is 15.9. The lowest BCUT2D eigenvalue weighted by Crippen LogP contribution is -2.50. The molecule has 5 aromatic rings. The van der Waals surface area contributed by atoms with Gasteiger partial charge in [-0.15, -0.1) is 11.3 Å². The number of fused-ring (bicyclic) bond motifs is 4. The van der Waals surface area contributed by atoms with Gasteiger partial charge >= 0.3 is 6.03 Å². The molecule has 3 fully saturated rings. The van der Waals surface area contributed by atoms with Gasteiger partial charge in [-0.3, -0.25) is 34.8 Å². The molecule has 57 heavy (non-hydrogen) atoms. The van der Waals surface area contributed by atoms with Gasteiger partial charge in [-0.05, 0) is 60.7 Å². The van der Waals surface area contributed by atoms with Crippen LogP contribution in [0.15, 0.2) is 66.6 Å². The highest BCUT2D eigenvalue weighted by atomic mass is 32.1. The number of urea groups is 1. The average molecular weight is 791 g/mol. The largest absolute Gasteiger partial charge is 0.366 e. The van der Waals surface area contributed by atoms with Crippen molar-refractivity contribution in [2.45, 2.75) is 63.4 Å². The number of imide groups is 1. The molecule has 3 atom stereocenters. The smallest absolute Gasteiger partial charge is 0.329 e. The van der Waals surface area contributed by atoms with Gasteiger partial charge in [0.25, 0.3) is 11.8 Å². The fraction of sp³-hybridized carbons (Fsp3) is 0.325. The van der Waals surface area contributed by atoms with Gasteiger partial charge in [0.1, 0.15) is 17.5 Å². The minimum absolute atomic E-state index is 0.0667. The summed E-state index contributed by atoms with van der Waals surface area (Å²) in [5.74, 6) is -1.88. The number of pyridine rings is 1. The van der Waals surface area contributed by atoms with Crippen molar-refractivity contribution >= 4 is 51.7 Å². The summed E-state index contributed by atoms with van der Waals surface area (Å²) in [5, 5.41) is 7.27. The predicted octanol–water partition coefficient (Wildman–Crippen LogP) is 4.87. The van der Waals surface area contributed by atoms with E-state index in [1.54, 1.807) is 30.0 Å². The average Bonchev–Trinajstić information content (AvgIpc) is 4.06. The Kier molecular flexibility index (Phi) is 8.58. The summed E-state index contributed by atoms with van der Waals surface area (Å²) in [5.41, 5.74) is 4.63. The van der Waals surface area contributed by atoms with Crippen LogP contribution in [0.4, 0.5) is 30.2 Å². The fourth-order valence-electron chi connectivity index (χ4n) is 9.01. The molecule has 3 saturated heterocycles. The lowest BCUT2D eigenvalue weighted by molar-refractivity contribution is -0.121. The summed E-state index contributed by atoms with van der Waals surface area (Å²) < 4.78 is 32.9. The van der Waals surface area contributed by atoms with Crippen LogP contribution in [-0.2, 0) is 35.6 Å². The number of halogens is 2. The molecule has 0 saturated carbocycles. The summed E-state index contributed by atoms with van der Waals surface area (Å²) in [4.78, 5) is 72.1. The minimum Gasteiger partial charge on any atom is -0.366 e. The number of thiazole rings is 1. The number of benzene rings is 2. The Morgan fingerprint density at radius 1 is 0.965 bits per heavy atom. The molecule has 0 spiro atoms. The summed E-state index contributed by atoms with van der Waals surface area (Å²) in [6, 6.07) is 11.4. The normalized spacial score (nSPS) is 20.7. The van der Waals surface area contributed by atoms with Crippen LogP contribution in [0.5, 0.6) is 0 Å². The highest BCUT2D eigenvalue weighted by Gasteiger charge is 2.44. The molecule has 1 unspecified atom stereocenters. The number of hydrogen-bond acceptors (Lipinski definition) is 10. The monoisotopic (exact) mass is 790 g/mol. The van der Waals surface area contributed by atoms with Crippen molar-refractivity contribution in [1.29, 1.82) is 0 Å². The minimum atomic E-state index is -1.06. The van der Waals surface area contributed by atoms with Crippen molar-refractivity contribution in [1.82, 2.24) is 34.6 Å². The standard InChI is InChI=1S/C40H36F2N10O4S/c41-30-13-23(12-28-29(30)20-52(38(28)55)36(37(54)47-39-43-8-11-57-39)35-32-2-1-9-48(32)21-45-35)22-3-5-25(6-4-22)51-19-26-15-27(51)18-49(26)17-24-14-33(44-16-31(24)42)50-10-7-34(53)46-40(50)56/h3-6,8,11-14,16,21,26-27,36H,1-2,7,9-10,15,17-20H2,(H,43,47,54)(H,46,53,56)/t26-,27-,36?/m1/s1. The van der Waals surface area contributed by atoms with E-state index in [0.29, 0.717) is 34.3 Å². The summed E-state index contributed by atoms with van der Waals surface area (Å²) >= 11 is 1.27. The zero-order chi connectivity index (χ0) is 38.9. The van der Waals surface area contributed by atoms with E-state index < -0.39 is 35.5 Å². The molecule has 290 valence electrons. The molecule has 5 amide bonds. The maximum Gasteiger partial charge on any atom is 0.329 e. The molecule has 17 heteroatoms. The van der Waals surface area contributed by atoms with Crippen LogP contribution in [0.25, 0.3) is 11.1 Å². The van der Waals surface area contributed by atoms with E-state index in [0.717, 1.165) is 62.0 Å². The van der Waals surface area contributed by atoms with Gasteiger partial charge < -0.3 is 14.4 Å². The third-order valence-corrected chi connectivity index (χ3v) is 12.5. The second kappa shape index (κ2) is 13.8. The van der Waals surface area contributed by atoms with Gasteiger partial charge in [-0.2, -0.15) is 0 Å². The van der Waals surface area contributed by atoms with Gasteiger partial charge in [0.15, 0.2) is 11.2 Å². The van der Waals surface area contributed by atoms with E-state index in [2.05, 4.69) is 35.4 Å². The predicted molar refractivity (Wildman–Crippen MR) is 205 cm³/mol. The van der Waals surface area contributed by atoms with Crippen LogP contribution in [0.1, 0.15) is 58.2 Å². The maximum absolute atomic E-state index is 15.9. The quantitative estimate of drug-likeness (QED) is 0.213. The van der Waals surface area contributed by atoms with E-state index in [-0.39, 0.29) is 48.6 Å². The first-order valence-corrected chi connectivity index (χ1v) is 19.8. The topological polar surface area (TPSA) is 149 Å². The second-order valence-electron chi connectivity index (χ2n) is 15.1. The van der Waals surface area contributed by atoms with Crippen molar-refractivity contribution in [3.8, 4) is 11.1 Å². The lowest BCUT2D eigenvalue weighted by atomic mass is 9.99. The number of carbonyl (C=O) groups is 4. The first-order valence-electron chi connectivity index (χ1n) is 18.9. The summed E-state index contributed by atoms with van der Waals surface area (Å²) in [6.07, 6.45) is 7.13. The number of nitrogens with zero attached hydrogens (tertiary/aromatic N) is 8. The van der Waals surface area contributed by atoms with Crippen molar-refractivity contribution in [3.63, 3.8) is 0 Å². The van der Waals surface area contributed by atoms with Gasteiger partial charge in [-0.25, -0.2) is 28.5 Å². The van der Waals surface area contributed by atoms with Gasteiger partial charge in [0.05, 0.1) is 24.8 Å². The van der Waals surface area contributed by atoms with Crippen molar-refractivity contribution in [2.75, 3.05) is 34.8 Å². The molecule has 2 N–H and O–H groups in total.